The highest BCUT2D eigenvalue weighted by atomic mass is 79.9. The third-order valence-electron chi connectivity index (χ3n) is 3.32. The van der Waals surface area contributed by atoms with Crippen LogP contribution in [-0.4, -0.2) is 18.4 Å². The molecule has 1 aromatic carbocycles. The molecular weight excluding hydrogens is 384 g/mol. The van der Waals surface area contributed by atoms with Crippen LogP contribution in [0.3, 0.4) is 0 Å². The fourth-order valence-electron chi connectivity index (χ4n) is 2.18. The van der Waals surface area contributed by atoms with E-state index in [4.69, 9.17) is 0 Å². The van der Waals surface area contributed by atoms with Crippen LogP contribution in [0.1, 0.15) is 16.8 Å². The largest absolute Gasteiger partial charge is 0.231 e. The van der Waals surface area contributed by atoms with Crippen LogP contribution >= 0.6 is 27.3 Å². The molecule has 0 amide bonds. The van der Waals surface area contributed by atoms with Gasteiger partial charge in [0.15, 0.2) is 5.65 Å². The van der Waals surface area contributed by atoms with Crippen molar-refractivity contribution in [1.29, 1.82) is 0 Å². The fourth-order valence-corrected chi connectivity index (χ4v) is 5.26. The van der Waals surface area contributed by atoms with Gasteiger partial charge in [-0.2, -0.15) is 0 Å². The molecule has 0 unspecified atom stereocenters. The summed E-state index contributed by atoms with van der Waals surface area (Å²) in [6.45, 7) is 3.81. The van der Waals surface area contributed by atoms with Crippen LogP contribution in [0.15, 0.2) is 39.1 Å². The lowest BCUT2D eigenvalue weighted by Crippen LogP contribution is -2.04. The summed E-state index contributed by atoms with van der Waals surface area (Å²) in [6.07, 6.45) is 0. The van der Waals surface area contributed by atoms with Gasteiger partial charge < -0.3 is 0 Å². The summed E-state index contributed by atoms with van der Waals surface area (Å²) in [4.78, 5) is 8.61. The van der Waals surface area contributed by atoms with Crippen molar-refractivity contribution in [3.05, 3.63) is 51.6 Å². The van der Waals surface area contributed by atoms with Crippen LogP contribution in [0.4, 0.5) is 0 Å². The molecule has 7 heteroatoms. The fraction of sp³-hybridized carbons (Fsp3) is 0.200. The second kappa shape index (κ2) is 5.72. The molecule has 114 valence electrons. The van der Waals surface area contributed by atoms with Crippen LogP contribution in [0.5, 0.6) is 0 Å². The molecule has 2 heterocycles. The Labute approximate surface area is 141 Å². The molecule has 0 atom stereocenters. The van der Waals surface area contributed by atoms with E-state index in [9.17, 15) is 8.42 Å². The summed E-state index contributed by atoms with van der Waals surface area (Å²) >= 11 is 4.66. The molecule has 0 saturated heterocycles. The number of nitrogens with zero attached hydrogens (tertiary/aromatic N) is 2. The molecule has 0 N–H and O–H groups in total. The average molecular weight is 397 g/mol. The summed E-state index contributed by atoms with van der Waals surface area (Å²) in [5.41, 5.74) is 3.03. The van der Waals surface area contributed by atoms with Crippen molar-refractivity contribution in [1.82, 2.24) is 9.97 Å². The van der Waals surface area contributed by atoms with Crippen LogP contribution in [0.2, 0.25) is 0 Å². The first kappa shape index (κ1) is 15.6. The molecule has 0 radical (unpaired) electrons. The van der Waals surface area contributed by atoms with Crippen molar-refractivity contribution in [3.8, 4) is 0 Å². The monoisotopic (exact) mass is 396 g/mol. The van der Waals surface area contributed by atoms with Gasteiger partial charge in [0.2, 0.25) is 14.2 Å². The minimum Gasteiger partial charge on any atom is -0.231 e. The molecular formula is C15H13BrN2O2S2. The Morgan fingerprint density at radius 2 is 1.82 bits per heavy atom. The van der Waals surface area contributed by atoms with Crippen molar-refractivity contribution >= 4 is 47.5 Å². The highest BCUT2D eigenvalue weighted by molar-refractivity contribution is 9.10. The first-order chi connectivity index (χ1) is 10.4. The summed E-state index contributed by atoms with van der Waals surface area (Å²) in [5, 5.41) is 0. The van der Waals surface area contributed by atoms with Gasteiger partial charge in [-0.1, -0.05) is 30.3 Å². The van der Waals surface area contributed by atoms with Gasteiger partial charge in [-0.25, -0.2) is 18.4 Å². The second-order valence-electron chi connectivity index (χ2n) is 5.01. The molecule has 22 heavy (non-hydrogen) atoms. The lowest BCUT2D eigenvalue weighted by molar-refractivity contribution is 0.594. The van der Waals surface area contributed by atoms with Gasteiger partial charge in [0.25, 0.3) is 0 Å². The first-order valence-corrected chi connectivity index (χ1v) is 9.84. The number of halogens is 1. The third kappa shape index (κ3) is 2.80. The van der Waals surface area contributed by atoms with E-state index >= 15 is 0 Å². The normalized spacial score (nSPS) is 12.0. The topological polar surface area (TPSA) is 59.9 Å². The maximum atomic E-state index is 12.6. The van der Waals surface area contributed by atoms with Gasteiger partial charge >= 0.3 is 0 Å². The van der Waals surface area contributed by atoms with E-state index in [1.54, 1.807) is 12.1 Å². The molecule has 0 aliphatic carbocycles. The number of hydrogen-bond acceptors (Lipinski definition) is 5. The van der Waals surface area contributed by atoms with Gasteiger partial charge in [-0.05, 0) is 40.9 Å². The lowest BCUT2D eigenvalue weighted by atomic mass is 10.2. The number of aryl methyl sites for hydroxylation is 2. The quantitative estimate of drug-likeness (QED) is 0.669. The second-order valence-corrected chi connectivity index (χ2v) is 8.97. The van der Waals surface area contributed by atoms with Crippen LogP contribution in [-0.2, 0) is 15.6 Å². The molecule has 0 aliphatic rings. The van der Waals surface area contributed by atoms with Crippen molar-refractivity contribution in [2.45, 2.75) is 23.9 Å². The van der Waals surface area contributed by atoms with Gasteiger partial charge in [-0.15, -0.1) is 11.3 Å². The van der Waals surface area contributed by atoms with Crippen molar-refractivity contribution < 1.29 is 8.42 Å². The van der Waals surface area contributed by atoms with E-state index in [0.29, 0.717) is 5.65 Å². The predicted molar refractivity (Wildman–Crippen MR) is 91.9 cm³/mol. The molecule has 0 bridgehead atoms. The molecule has 0 spiro atoms. The molecule has 4 nitrogen and oxygen atoms in total. The van der Waals surface area contributed by atoms with E-state index in [2.05, 4.69) is 25.9 Å². The number of aromatic nitrogens is 2. The van der Waals surface area contributed by atoms with Crippen LogP contribution in [0, 0.1) is 13.8 Å². The van der Waals surface area contributed by atoms with E-state index in [1.807, 2.05) is 32.0 Å². The highest BCUT2D eigenvalue weighted by Crippen LogP contribution is 2.33. The Balaban J connectivity index is 2.08. The van der Waals surface area contributed by atoms with Crippen molar-refractivity contribution in [2.75, 3.05) is 0 Å². The van der Waals surface area contributed by atoms with E-state index in [1.165, 1.54) is 11.3 Å². The molecule has 2 aromatic heterocycles. The van der Waals surface area contributed by atoms with Gasteiger partial charge in [0, 0.05) is 4.47 Å². The van der Waals surface area contributed by atoms with E-state index in [-0.39, 0.29) is 10.1 Å². The zero-order valence-electron chi connectivity index (χ0n) is 12.0. The SMILES string of the molecule is Cc1nc2nc(S(=O)(=O)Cc3ccccc3)sc2c(C)c1Br. The van der Waals surface area contributed by atoms with E-state index < -0.39 is 9.84 Å². The molecule has 3 aromatic rings. The lowest BCUT2D eigenvalue weighted by Gasteiger charge is -2.01. The minimum absolute atomic E-state index is 0.0487. The van der Waals surface area contributed by atoms with Gasteiger partial charge in [0.05, 0.1) is 16.1 Å². The van der Waals surface area contributed by atoms with Crippen molar-refractivity contribution in [2.24, 2.45) is 0 Å². The number of benzene rings is 1. The smallest absolute Gasteiger partial charge is 0.212 e. The summed E-state index contributed by atoms with van der Waals surface area (Å²) < 4.78 is 27.0. The Bertz CT molecular complexity index is 951. The predicted octanol–water partition coefficient (Wildman–Crippen LogP) is 4.04. The zero-order chi connectivity index (χ0) is 15.9. The molecule has 0 saturated carbocycles. The van der Waals surface area contributed by atoms with Crippen LogP contribution in [0.25, 0.3) is 10.3 Å². The zero-order valence-corrected chi connectivity index (χ0v) is 15.2. The minimum atomic E-state index is -3.47. The number of rotatable bonds is 3. The van der Waals surface area contributed by atoms with E-state index in [0.717, 1.165) is 26.0 Å². The number of sulfone groups is 1. The Kier molecular flexibility index (Phi) is 4.05. The Morgan fingerprint density at radius 1 is 1.14 bits per heavy atom. The Hall–Kier alpha value is -1.31. The number of fused-ring (bicyclic) bond motifs is 1. The first-order valence-electron chi connectivity index (χ1n) is 6.58. The maximum Gasteiger partial charge on any atom is 0.212 e. The number of pyridine rings is 1. The molecule has 0 fully saturated rings. The maximum absolute atomic E-state index is 12.6. The molecule has 0 aliphatic heterocycles. The van der Waals surface area contributed by atoms with Gasteiger partial charge in [-0.3, -0.25) is 0 Å². The van der Waals surface area contributed by atoms with Gasteiger partial charge in [0.1, 0.15) is 0 Å². The summed E-state index contributed by atoms with van der Waals surface area (Å²) in [6, 6.07) is 9.12. The standard InChI is InChI=1S/C15H13BrN2O2S2/c1-9-12(16)10(2)17-14-13(9)21-15(18-14)22(19,20)8-11-6-4-3-5-7-11/h3-7H,8H2,1-2H3. The summed E-state index contributed by atoms with van der Waals surface area (Å²) in [5.74, 6) is -0.0487. The number of thiazole rings is 1. The van der Waals surface area contributed by atoms with Crippen LogP contribution < -0.4 is 0 Å². The Morgan fingerprint density at radius 3 is 2.50 bits per heavy atom. The van der Waals surface area contributed by atoms with Crippen molar-refractivity contribution in [3.63, 3.8) is 0 Å². The average Bonchev–Trinajstić information content (AvgIpc) is 2.90. The summed E-state index contributed by atoms with van der Waals surface area (Å²) in [7, 11) is -3.47. The number of hydrogen-bond donors (Lipinski definition) is 0. The molecule has 3 rings (SSSR count). The highest BCUT2D eigenvalue weighted by Gasteiger charge is 2.22. The third-order valence-corrected chi connectivity index (χ3v) is 7.79.